The molecule has 0 aliphatic rings. The summed E-state index contributed by atoms with van der Waals surface area (Å²) in [7, 11) is 0. The lowest BCUT2D eigenvalue weighted by molar-refractivity contribution is -0.143. The minimum atomic E-state index is -1.27. The third-order valence-electron chi connectivity index (χ3n) is 3.91. The van der Waals surface area contributed by atoms with Crippen LogP contribution in [0, 0.1) is 5.92 Å². The molecule has 0 aliphatic carbocycles. The largest absolute Gasteiger partial charge is 0.480 e. The van der Waals surface area contributed by atoms with E-state index in [1.807, 2.05) is 19.9 Å². The summed E-state index contributed by atoms with van der Waals surface area (Å²) >= 11 is 6.12. The standard InChI is InChI=1S/C18H21ClN2O5/c1-11(2)9-15(17(22)23)21(18(24)25)8-7-12-10-16(26-20-12)13-5-3-4-6-14(13)19/h3-6,10-11,15H,7-9H2,1-2H3,(H,22,23)(H,24,25). The van der Waals surface area contributed by atoms with Gasteiger partial charge in [-0.25, -0.2) is 9.59 Å². The van der Waals surface area contributed by atoms with Crippen molar-refractivity contribution in [1.29, 1.82) is 0 Å². The molecule has 2 aromatic rings. The van der Waals surface area contributed by atoms with Gasteiger partial charge in [0.1, 0.15) is 6.04 Å². The summed E-state index contributed by atoms with van der Waals surface area (Å²) in [5.41, 5.74) is 1.21. The van der Waals surface area contributed by atoms with Gasteiger partial charge in [0, 0.05) is 24.6 Å². The lowest BCUT2D eigenvalue weighted by Crippen LogP contribution is -2.46. The monoisotopic (exact) mass is 380 g/mol. The van der Waals surface area contributed by atoms with Gasteiger partial charge in [0.2, 0.25) is 0 Å². The SMILES string of the molecule is CC(C)CC(C(=O)O)N(CCc1cc(-c2ccccc2Cl)on1)C(=O)O. The summed E-state index contributed by atoms with van der Waals surface area (Å²) in [6, 6.07) is 7.73. The van der Waals surface area contributed by atoms with Gasteiger partial charge in [-0.2, -0.15) is 0 Å². The molecule has 1 amide bonds. The van der Waals surface area contributed by atoms with Gasteiger partial charge in [0.25, 0.3) is 0 Å². The Kier molecular flexibility index (Phi) is 6.63. The zero-order valence-electron chi connectivity index (χ0n) is 14.6. The Morgan fingerprint density at radius 3 is 2.54 bits per heavy atom. The van der Waals surface area contributed by atoms with Gasteiger partial charge < -0.3 is 14.7 Å². The molecule has 7 nitrogen and oxygen atoms in total. The van der Waals surface area contributed by atoms with Gasteiger partial charge in [-0.05, 0) is 24.5 Å². The molecule has 0 fully saturated rings. The molecule has 0 radical (unpaired) electrons. The van der Waals surface area contributed by atoms with Crippen LogP contribution in [0.4, 0.5) is 4.79 Å². The highest BCUT2D eigenvalue weighted by Gasteiger charge is 2.30. The van der Waals surface area contributed by atoms with Crippen molar-refractivity contribution in [1.82, 2.24) is 10.1 Å². The van der Waals surface area contributed by atoms with Gasteiger partial charge in [0.15, 0.2) is 5.76 Å². The van der Waals surface area contributed by atoms with E-state index in [1.54, 1.807) is 24.3 Å². The number of halogens is 1. The number of hydrogen-bond acceptors (Lipinski definition) is 4. The fourth-order valence-corrected chi connectivity index (χ4v) is 2.87. The molecule has 0 spiro atoms. The number of amides is 1. The molecule has 8 heteroatoms. The van der Waals surface area contributed by atoms with Crippen LogP contribution in [0.1, 0.15) is 26.0 Å². The maximum absolute atomic E-state index is 11.5. The average molecular weight is 381 g/mol. The Balaban J connectivity index is 2.11. The zero-order chi connectivity index (χ0) is 19.3. The number of benzene rings is 1. The zero-order valence-corrected chi connectivity index (χ0v) is 15.3. The highest BCUT2D eigenvalue weighted by molar-refractivity contribution is 6.33. The molecule has 0 aliphatic heterocycles. The van der Waals surface area contributed by atoms with E-state index in [1.165, 1.54) is 0 Å². The first-order valence-corrected chi connectivity index (χ1v) is 8.60. The molecule has 1 aromatic heterocycles. The van der Waals surface area contributed by atoms with Gasteiger partial charge in [-0.1, -0.05) is 42.7 Å². The van der Waals surface area contributed by atoms with Crippen LogP contribution in [-0.4, -0.2) is 44.9 Å². The number of hydrogen-bond donors (Lipinski definition) is 2. The molecular formula is C18H21ClN2O5. The highest BCUT2D eigenvalue weighted by Crippen LogP contribution is 2.28. The van der Waals surface area contributed by atoms with Gasteiger partial charge in [-0.3, -0.25) is 4.90 Å². The van der Waals surface area contributed by atoms with Crippen LogP contribution in [-0.2, 0) is 11.2 Å². The van der Waals surface area contributed by atoms with Crippen molar-refractivity contribution < 1.29 is 24.3 Å². The van der Waals surface area contributed by atoms with E-state index in [2.05, 4.69) is 5.16 Å². The number of carboxylic acid groups (broad SMARTS) is 2. The van der Waals surface area contributed by atoms with Crippen LogP contribution >= 0.6 is 11.6 Å². The Morgan fingerprint density at radius 2 is 1.96 bits per heavy atom. The van der Waals surface area contributed by atoms with Crippen LogP contribution < -0.4 is 0 Å². The van der Waals surface area contributed by atoms with Crippen LogP contribution in [0.5, 0.6) is 0 Å². The number of carbonyl (C=O) groups is 2. The molecule has 1 atom stereocenters. The number of carboxylic acids is 1. The lowest BCUT2D eigenvalue weighted by atomic mass is 10.0. The molecule has 0 saturated carbocycles. The smallest absolute Gasteiger partial charge is 0.408 e. The second-order valence-electron chi connectivity index (χ2n) is 6.37. The fourth-order valence-electron chi connectivity index (χ4n) is 2.65. The van der Waals surface area contributed by atoms with Gasteiger partial charge in [-0.15, -0.1) is 0 Å². The molecule has 1 heterocycles. The predicted molar refractivity (Wildman–Crippen MR) is 96.3 cm³/mol. The quantitative estimate of drug-likeness (QED) is 0.716. The normalized spacial score (nSPS) is 12.2. The molecular weight excluding hydrogens is 360 g/mol. The summed E-state index contributed by atoms with van der Waals surface area (Å²) in [6.45, 7) is 3.71. The average Bonchev–Trinajstić information content (AvgIpc) is 3.02. The summed E-state index contributed by atoms with van der Waals surface area (Å²) in [4.78, 5) is 23.9. The Bertz CT molecular complexity index is 774. The summed E-state index contributed by atoms with van der Waals surface area (Å²) < 4.78 is 5.28. The number of aromatic nitrogens is 1. The summed E-state index contributed by atoms with van der Waals surface area (Å²) in [6.07, 6.45) is -0.791. The van der Waals surface area contributed by atoms with E-state index in [9.17, 15) is 19.8 Å². The third kappa shape index (κ3) is 4.98. The van der Waals surface area contributed by atoms with Crippen molar-refractivity contribution in [3.05, 3.63) is 41.0 Å². The fraction of sp³-hybridized carbons (Fsp3) is 0.389. The maximum atomic E-state index is 11.5. The van der Waals surface area contributed by atoms with E-state index in [-0.39, 0.29) is 25.3 Å². The van der Waals surface area contributed by atoms with E-state index in [0.29, 0.717) is 22.0 Å². The number of aliphatic carboxylic acids is 1. The van der Waals surface area contributed by atoms with Crippen LogP contribution in [0.15, 0.2) is 34.9 Å². The molecule has 2 rings (SSSR count). The minimum absolute atomic E-state index is 0.00746. The molecule has 140 valence electrons. The first-order chi connectivity index (χ1) is 12.3. The Labute approximate surface area is 156 Å². The second-order valence-corrected chi connectivity index (χ2v) is 6.78. The van der Waals surface area contributed by atoms with Gasteiger partial charge >= 0.3 is 12.1 Å². The predicted octanol–water partition coefficient (Wildman–Crippen LogP) is 4.02. The van der Waals surface area contributed by atoms with Crippen LogP contribution in [0.3, 0.4) is 0 Å². The van der Waals surface area contributed by atoms with Crippen LogP contribution in [0.25, 0.3) is 11.3 Å². The van der Waals surface area contributed by atoms with Crippen molar-refractivity contribution in [3.63, 3.8) is 0 Å². The van der Waals surface area contributed by atoms with Crippen LogP contribution in [0.2, 0.25) is 5.02 Å². The van der Waals surface area contributed by atoms with E-state index in [4.69, 9.17) is 16.1 Å². The first kappa shape index (κ1) is 19.8. The number of nitrogens with zero attached hydrogens (tertiary/aromatic N) is 2. The molecule has 26 heavy (non-hydrogen) atoms. The second kappa shape index (κ2) is 8.71. The van der Waals surface area contributed by atoms with Crippen molar-refractivity contribution in [3.8, 4) is 11.3 Å². The number of rotatable bonds is 8. The Morgan fingerprint density at radius 1 is 1.27 bits per heavy atom. The van der Waals surface area contributed by atoms with Crippen molar-refractivity contribution >= 4 is 23.7 Å². The summed E-state index contributed by atoms with van der Waals surface area (Å²) in [5.74, 6) is -0.626. The maximum Gasteiger partial charge on any atom is 0.408 e. The highest BCUT2D eigenvalue weighted by atomic mass is 35.5. The Hall–Kier alpha value is -2.54. The van der Waals surface area contributed by atoms with Gasteiger partial charge in [0.05, 0.1) is 10.7 Å². The molecule has 0 saturated heterocycles. The molecule has 0 bridgehead atoms. The van der Waals surface area contributed by atoms with Crippen molar-refractivity contribution in [2.24, 2.45) is 5.92 Å². The molecule has 1 aromatic carbocycles. The minimum Gasteiger partial charge on any atom is -0.480 e. The van der Waals surface area contributed by atoms with Crippen molar-refractivity contribution in [2.45, 2.75) is 32.7 Å². The van der Waals surface area contributed by atoms with Crippen molar-refractivity contribution in [2.75, 3.05) is 6.54 Å². The topological polar surface area (TPSA) is 104 Å². The lowest BCUT2D eigenvalue weighted by Gasteiger charge is -2.27. The summed E-state index contributed by atoms with van der Waals surface area (Å²) in [5, 5.41) is 23.2. The van der Waals surface area contributed by atoms with E-state index < -0.39 is 18.1 Å². The van der Waals surface area contributed by atoms with E-state index in [0.717, 1.165) is 4.90 Å². The third-order valence-corrected chi connectivity index (χ3v) is 4.24. The molecule has 2 N–H and O–H groups in total. The molecule has 1 unspecified atom stereocenters. The first-order valence-electron chi connectivity index (χ1n) is 8.22. The van der Waals surface area contributed by atoms with E-state index >= 15 is 0 Å².